The summed E-state index contributed by atoms with van der Waals surface area (Å²) in [5, 5.41) is 0. The summed E-state index contributed by atoms with van der Waals surface area (Å²) in [5.74, 6) is 0. The average molecular weight is 233 g/mol. The first-order chi connectivity index (χ1) is 2.00. The van der Waals surface area contributed by atoms with Crippen LogP contribution in [0.1, 0.15) is 0 Å². The van der Waals surface area contributed by atoms with E-state index in [9.17, 15) is 0 Å². The summed E-state index contributed by atoms with van der Waals surface area (Å²) in [6.07, 6.45) is 0. The zero-order chi connectivity index (χ0) is 4.00. The van der Waals surface area contributed by atoms with Gasteiger partial charge >= 0.3 is 51.0 Å². The number of hydrogen-bond donors (Lipinski definition) is 0. The summed E-state index contributed by atoms with van der Waals surface area (Å²) < 4.78 is 8.34. The second-order valence-electron chi connectivity index (χ2n) is 0. The van der Waals surface area contributed by atoms with E-state index in [1.54, 1.807) is 0 Å². The van der Waals surface area contributed by atoms with Crippen LogP contribution in [0.2, 0.25) is 0 Å². The Kier molecular flexibility index (Phi) is 58.2. The molecule has 0 bridgehead atoms. The fourth-order valence-corrected chi connectivity index (χ4v) is 0. The van der Waals surface area contributed by atoms with Crippen LogP contribution in [0.25, 0.3) is 0 Å². The Bertz CT molecular complexity index is 8.00. The van der Waals surface area contributed by atoms with Crippen LogP contribution in [0.3, 0.4) is 0 Å². The average Bonchev–Trinajstić information content (AvgIpc) is 1.50. The molecule has 28 valence electrons. The van der Waals surface area contributed by atoms with Crippen LogP contribution in [-0.4, -0.2) is 23.0 Å². The third kappa shape index (κ3) is 9.95. The topological polar surface area (TPSA) is 17.1 Å². The van der Waals surface area contributed by atoms with E-state index in [2.05, 4.69) is 25.0 Å². The molecule has 0 aromatic heterocycles. The summed E-state index contributed by atoms with van der Waals surface area (Å²) >= 11 is 3.33. The Balaban J connectivity index is 0. The maximum absolute atomic E-state index is 8.34. The summed E-state index contributed by atoms with van der Waals surface area (Å²) in [4.78, 5) is 0. The molecule has 1 nitrogen and oxygen atoms in total. The van der Waals surface area contributed by atoms with Crippen LogP contribution in [0.5, 0.6) is 0 Å². The van der Waals surface area contributed by atoms with Crippen molar-refractivity contribution in [2.75, 3.05) is 0 Å². The van der Waals surface area contributed by atoms with Gasteiger partial charge in [0, 0.05) is 0 Å². The Morgan fingerprint density at radius 2 is 1.50 bits per heavy atom. The van der Waals surface area contributed by atoms with Crippen LogP contribution < -0.4 is 0 Å². The van der Waals surface area contributed by atoms with Gasteiger partial charge in [0.1, 0.15) is 0 Å². The molecule has 0 amide bonds. The van der Waals surface area contributed by atoms with Crippen molar-refractivity contribution < 1.29 is 17.9 Å². The fraction of sp³-hybridized carbons (Fsp3) is 0. The number of hydrogen-bond acceptors (Lipinski definition) is 1. The van der Waals surface area contributed by atoms with Crippen molar-refractivity contribution in [2.45, 2.75) is 0 Å². The van der Waals surface area contributed by atoms with Crippen molar-refractivity contribution in [3.63, 3.8) is 0 Å². The summed E-state index contributed by atoms with van der Waals surface area (Å²) in [6, 6.07) is 0. The van der Waals surface area contributed by atoms with E-state index in [0.29, 0.717) is 23.0 Å². The van der Waals surface area contributed by atoms with Crippen LogP contribution in [0.15, 0.2) is 0 Å². The molecule has 4 heteroatoms. The molecule has 0 saturated heterocycles. The molecule has 0 aliphatic carbocycles. The number of halogens is 1. The van der Waals surface area contributed by atoms with E-state index in [1.807, 2.05) is 0 Å². The molecule has 0 aliphatic heterocycles. The van der Waals surface area contributed by atoms with Crippen LogP contribution >= 0.6 is 10.1 Å². The van der Waals surface area contributed by atoms with E-state index >= 15 is 0 Å². The molecule has 0 saturated carbocycles. The molecule has 4 heavy (non-hydrogen) atoms. The van der Waals surface area contributed by atoms with E-state index in [0.717, 1.165) is 0 Å². The molecular formula is HClCoOSb. The zero-order valence-corrected chi connectivity index (χ0v) is 6.27. The monoisotopic (exact) mass is 232 g/mol. The van der Waals surface area contributed by atoms with Gasteiger partial charge in [0.2, 0.25) is 0 Å². The van der Waals surface area contributed by atoms with Gasteiger partial charge in [-0.15, -0.1) is 0 Å². The van der Waals surface area contributed by atoms with E-state index < -0.39 is 0 Å². The van der Waals surface area contributed by atoms with Gasteiger partial charge < -0.3 is 0 Å². The van der Waals surface area contributed by atoms with Crippen molar-refractivity contribution in [3.8, 4) is 0 Å². The van der Waals surface area contributed by atoms with Gasteiger partial charge in [-0.2, -0.15) is 0 Å². The zero-order valence-electron chi connectivity index (χ0n) is 1.62. The van der Waals surface area contributed by atoms with Gasteiger partial charge in [-0.25, -0.2) is 0 Å². The third-order valence-electron chi connectivity index (χ3n) is 0. The molecule has 0 aliphatic rings. The molecule has 0 unspecified atom stereocenters. The normalized spacial score (nSPS) is 2.75. The van der Waals surface area contributed by atoms with Crippen molar-refractivity contribution in [3.05, 3.63) is 0 Å². The van der Waals surface area contributed by atoms with E-state index in [1.165, 1.54) is 0 Å². The molecule has 0 spiro atoms. The number of rotatable bonds is 0. The summed E-state index contributed by atoms with van der Waals surface area (Å²) in [6.45, 7) is 0. The Labute approximate surface area is 50.8 Å². The molecule has 0 aromatic rings. The van der Waals surface area contributed by atoms with Gasteiger partial charge in [0.25, 0.3) is 0 Å². The molecule has 0 rings (SSSR count). The van der Waals surface area contributed by atoms with Gasteiger partial charge in [-0.3, -0.25) is 0 Å². The predicted molar refractivity (Wildman–Crippen MR) is 13.7 cm³/mol. The molecule has 0 aromatic carbocycles. The summed E-state index contributed by atoms with van der Waals surface area (Å²) in [7, 11) is 4.33. The third-order valence-corrected chi connectivity index (χ3v) is 0. The van der Waals surface area contributed by atoms with Crippen molar-refractivity contribution in [2.24, 2.45) is 0 Å². The van der Waals surface area contributed by atoms with Gasteiger partial charge in [-0.05, 0) is 0 Å². The minimum atomic E-state index is 0.300. The maximum atomic E-state index is 8.34. The van der Waals surface area contributed by atoms with Gasteiger partial charge in [0.15, 0.2) is 0 Å². The molecule has 0 N–H and O–H groups in total. The van der Waals surface area contributed by atoms with E-state index in [-0.39, 0.29) is 0 Å². The first kappa shape index (κ1) is 9.05. The standard InChI is InChI=1S/ClH.Co.O.Sb.H/h1H;;;;/q;+1;;;/p-1. The Morgan fingerprint density at radius 1 is 1.50 bits per heavy atom. The SMILES string of the molecule is [Cl][Co].[O]=[SbH]. The van der Waals surface area contributed by atoms with Crippen LogP contribution in [0.4, 0.5) is 0 Å². The van der Waals surface area contributed by atoms with E-state index in [4.69, 9.17) is 3.02 Å². The second kappa shape index (κ2) is 25.7. The Hall–Kier alpha value is 1.41. The molecule has 0 heterocycles. The first-order valence-electron chi connectivity index (χ1n) is 0.330. The van der Waals surface area contributed by atoms with Crippen LogP contribution in [0, 0.1) is 0 Å². The van der Waals surface area contributed by atoms with Gasteiger partial charge in [-0.1, -0.05) is 0 Å². The molecule has 0 radical (unpaired) electrons. The molecule has 0 atom stereocenters. The molecular weight excluding hydrogens is 232 g/mol. The fourth-order valence-electron chi connectivity index (χ4n) is 0. The predicted octanol–water partition coefficient (Wildman–Crippen LogP) is -0.0803. The van der Waals surface area contributed by atoms with Crippen LogP contribution in [-0.2, 0) is 17.9 Å². The van der Waals surface area contributed by atoms with Crippen molar-refractivity contribution >= 4 is 33.2 Å². The first-order valence-corrected chi connectivity index (χ1v) is 2.93. The minimum absolute atomic E-state index is 0.300. The Morgan fingerprint density at radius 3 is 1.50 bits per heavy atom. The summed E-state index contributed by atoms with van der Waals surface area (Å²) in [5.41, 5.74) is 0. The quantitative estimate of drug-likeness (QED) is 0.535. The second-order valence-corrected chi connectivity index (χ2v) is 0. The van der Waals surface area contributed by atoms with Gasteiger partial charge in [0.05, 0.1) is 0 Å². The molecule has 0 fully saturated rings. The van der Waals surface area contributed by atoms with Crippen molar-refractivity contribution in [1.82, 2.24) is 0 Å². The van der Waals surface area contributed by atoms with Crippen molar-refractivity contribution in [1.29, 1.82) is 0 Å².